The molecular formula is C20H22ClNO2S. The van der Waals surface area contributed by atoms with Gasteiger partial charge in [0.1, 0.15) is 0 Å². The standard InChI is InChI=1S/C20H22ClNO2S/c1-16-2-10-20(11-3-16)25(23,24)22-14-12-18(13-15-22)5-4-17-6-8-19(21)9-7-17/h2-11,18H,12-15H2,1H3/b5-4+. The lowest BCUT2D eigenvalue weighted by atomic mass is 9.97. The van der Waals surface area contributed by atoms with Crippen LogP contribution >= 0.6 is 11.6 Å². The first kappa shape index (κ1) is 18.2. The zero-order valence-corrected chi connectivity index (χ0v) is 15.8. The van der Waals surface area contributed by atoms with Crippen molar-refractivity contribution in [2.75, 3.05) is 13.1 Å². The Labute approximate surface area is 155 Å². The van der Waals surface area contributed by atoms with Crippen molar-refractivity contribution in [2.45, 2.75) is 24.7 Å². The molecule has 1 heterocycles. The zero-order valence-electron chi connectivity index (χ0n) is 14.2. The van der Waals surface area contributed by atoms with E-state index in [9.17, 15) is 8.42 Å². The van der Waals surface area contributed by atoms with E-state index in [0.29, 0.717) is 23.9 Å². The molecule has 2 aromatic carbocycles. The first-order valence-electron chi connectivity index (χ1n) is 8.46. The highest BCUT2D eigenvalue weighted by Gasteiger charge is 2.28. The summed E-state index contributed by atoms with van der Waals surface area (Å²) in [5.41, 5.74) is 2.17. The molecule has 2 aromatic rings. The molecule has 5 heteroatoms. The zero-order chi connectivity index (χ0) is 17.9. The van der Waals surface area contributed by atoms with Crippen LogP contribution in [0.2, 0.25) is 5.02 Å². The van der Waals surface area contributed by atoms with Crippen LogP contribution in [0, 0.1) is 12.8 Å². The van der Waals surface area contributed by atoms with Crippen molar-refractivity contribution in [3.63, 3.8) is 0 Å². The van der Waals surface area contributed by atoms with Gasteiger partial charge in [-0.2, -0.15) is 4.31 Å². The number of halogens is 1. The molecule has 1 aliphatic rings. The number of hydrogen-bond donors (Lipinski definition) is 0. The third-order valence-corrected chi connectivity index (χ3v) is 6.75. The quantitative estimate of drug-likeness (QED) is 0.772. The number of allylic oxidation sites excluding steroid dienone is 1. The van der Waals surface area contributed by atoms with Gasteiger partial charge in [0.15, 0.2) is 0 Å². The number of nitrogens with zero attached hydrogens (tertiary/aromatic N) is 1. The summed E-state index contributed by atoms with van der Waals surface area (Å²) in [6, 6.07) is 14.8. The van der Waals surface area contributed by atoms with Gasteiger partial charge in [-0.05, 0) is 55.5 Å². The topological polar surface area (TPSA) is 37.4 Å². The van der Waals surface area contributed by atoms with Crippen LogP contribution in [0.1, 0.15) is 24.0 Å². The fraction of sp³-hybridized carbons (Fsp3) is 0.300. The molecule has 1 saturated heterocycles. The average molecular weight is 376 g/mol. The summed E-state index contributed by atoms with van der Waals surface area (Å²) in [7, 11) is -3.38. The summed E-state index contributed by atoms with van der Waals surface area (Å²) < 4.78 is 27.0. The minimum absolute atomic E-state index is 0.383. The predicted octanol–water partition coefficient (Wildman–Crippen LogP) is 4.76. The second-order valence-corrected chi connectivity index (χ2v) is 8.84. The number of benzene rings is 2. The summed E-state index contributed by atoms with van der Waals surface area (Å²) in [6.07, 6.45) is 5.95. The molecule has 0 bridgehead atoms. The van der Waals surface area contributed by atoms with E-state index in [0.717, 1.165) is 29.0 Å². The Balaban J connectivity index is 1.61. The molecule has 0 amide bonds. The van der Waals surface area contributed by atoms with E-state index in [-0.39, 0.29) is 0 Å². The summed E-state index contributed by atoms with van der Waals surface area (Å²) in [4.78, 5) is 0.383. The Bertz CT molecular complexity index is 834. The highest BCUT2D eigenvalue weighted by molar-refractivity contribution is 7.89. The molecule has 3 rings (SSSR count). The van der Waals surface area contributed by atoms with Crippen LogP contribution in [0.5, 0.6) is 0 Å². The normalized spacial score (nSPS) is 17.2. The van der Waals surface area contributed by atoms with E-state index in [4.69, 9.17) is 11.6 Å². The Morgan fingerprint density at radius 3 is 2.20 bits per heavy atom. The van der Waals surface area contributed by atoms with E-state index < -0.39 is 10.0 Å². The van der Waals surface area contributed by atoms with Gasteiger partial charge in [-0.3, -0.25) is 0 Å². The molecular weight excluding hydrogens is 354 g/mol. The SMILES string of the molecule is Cc1ccc(S(=O)(=O)N2CCC(/C=C/c3ccc(Cl)cc3)CC2)cc1. The fourth-order valence-electron chi connectivity index (χ4n) is 2.99. The van der Waals surface area contributed by atoms with Gasteiger partial charge in [-0.15, -0.1) is 0 Å². The predicted molar refractivity (Wildman–Crippen MR) is 103 cm³/mol. The van der Waals surface area contributed by atoms with Gasteiger partial charge in [0, 0.05) is 18.1 Å². The minimum Gasteiger partial charge on any atom is -0.207 e. The van der Waals surface area contributed by atoms with E-state index in [2.05, 4.69) is 12.2 Å². The molecule has 0 saturated carbocycles. The molecule has 132 valence electrons. The van der Waals surface area contributed by atoms with Gasteiger partial charge in [0.25, 0.3) is 0 Å². The highest BCUT2D eigenvalue weighted by atomic mass is 35.5. The lowest BCUT2D eigenvalue weighted by molar-refractivity contribution is 0.306. The maximum atomic E-state index is 12.7. The van der Waals surface area contributed by atoms with Crippen molar-refractivity contribution in [1.82, 2.24) is 4.31 Å². The van der Waals surface area contributed by atoms with Crippen molar-refractivity contribution in [2.24, 2.45) is 5.92 Å². The second-order valence-electron chi connectivity index (χ2n) is 6.47. The minimum atomic E-state index is -3.38. The first-order chi connectivity index (χ1) is 11.9. The van der Waals surface area contributed by atoms with Crippen molar-refractivity contribution in [3.8, 4) is 0 Å². The number of hydrogen-bond acceptors (Lipinski definition) is 2. The summed E-state index contributed by atoms with van der Waals surface area (Å²) in [5.74, 6) is 0.403. The van der Waals surface area contributed by atoms with Crippen LogP contribution < -0.4 is 0 Å². The molecule has 1 fully saturated rings. The average Bonchev–Trinajstić information content (AvgIpc) is 2.62. The molecule has 3 nitrogen and oxygen atoms in total. The molecule has 0 radical (unpaired) electrons. The number of piperidine rings is 1. The largest absolute Gasteiger partial charge is 0.243 e. The monoisotopic (exact) mass is 375 g/mol. The van der Waals surface area contributed by atoms with Crippen LogP contribution in [0.15, 0.2) is 59.5 Å². The third-order valence-electron chi connectivity index (χ3n) is 4.59. The van der Waals surface area contributed by atoms with Crippen LogP contribution in [0.3, 0.4) is 0 Å². The molecule has 0 N–H and O–H groups in total. The van der Waals surface area contributed by atoms with E-state index in [1.165, 1.54) is 0 Å². The first-order valence-corrected chi connectivity index (χ1v) is 10.3. The number of aryl methyl sites for hydroxylation is 1. The third kappa shape index (κ3) is 4.51. The smallest absolute Gasteiger partial charge is 0.207 e. The van der Waals surface area contributed by atoms with Crippen molar-refractivity contribution < 1.29 is 8.42 Å². The van der Waals surface area contributed by atoms with Crippen LogP contribution in [-0.2, 0) is 10.0 Å². The molecule has 0 atom stereocenters. The van der Waals surface area contributed by atoms with Gasteiger partial charge in [-0.25, -0.2) is 8.42 Å². The Kier molecular flexibility index (Phi) is 5.62. The van der Waals surface area contributed by atoms with Crippen molar-refractivity contribution in [3.05, 3.63) is 70.8 Å². The summed E-state index contributed by atoms with van der Waals surface area (Å²) in [5, 5.41) is 0.728. The Morgan fingerprint density at radius 1 is 1.00 bits per heavy atom. The number of sulfonamides is 1. The number of rotatable bonds is 4. The summed E-state index contributed by atoms with van der Waals surface area (Å²) in [6.45, 7) is 3.08. The molecule has 1 aliphatic heterocycles. The Hall–Kier alpha value is -1.62. The molecule has 0 aromatic heterocycles. The van der Waals surface area contributed by atoms with Gasteiger partial charge < -0.3 is 0 Å². The second kappa shape index (κ2) is 7.73. The lowest BCUT2D eigenvalue weighted by Crippen LogP contribution is -2.38. The van der Waals surface area contributed by atoms with Crippen molar-refractivity contribution >= 4 is 27.7 Å². The van der Waals surface area contributed by atoms with E-state index in [1.54, 1.807) is 16.4 Å². The maximum absolute atomic E-state index is 12.7. The lowest BCUT2D eigenvalue weighted by Gasteiger charge is -2.30. The Morgan fingerprint density at radius 2 is 1.60 bits per heavy atom. The fourth-order valence-corrected chi connectivity index (χ4v) is 4.58. The molecule has 25 heavy (non-hydrogen) atoms. The van der Waals surface area contributed by atoms with Crippen LogP contribution in [0.4, 0.5) is 0 Å². The molecule has 0 aliphatic carbocycles. The van der Waals surface area contributed by atoms with Crippen LogP contribution in [0.25, 0.3) is 6.08 Å². The summed E-state index contributed by atoms with van der Waals surface area (Å²) >= 11 is 5.89. The van der Waals surface area contributed by atoms with Gasteiger partial charge in [0.2, 0.25) is 10.0 Å². The van der Waals surface area contributed by atoms with Gasteiger partial charge >= 0.3 is 0 Å². The van der Waals surface area contributed by atoms with E-state index in [1.807, 2.05) is 43.3 Å². The van der Waals surface area contributed by atoms with Gasteiger partial charge in [-0.1, -0.05) is 53.6 Å². The van der Waals surface area contributed by atoms with Crippen LogP contribution in [-0.4, -0.2) is 25.8 Å². The highest BCUT2D eigenvalue weighted by Crippen LogP contribution is 2.25. The van der Waals surface area contributed by atoms with Gasteiger partial charge in [0.05, 0.1) is 4.90 Å². The molecule has 0 spiro atoms. The molecule has 0 unspecified atom stereocenters. The van der Waals surface area contributed by atoms with Crippen molar-refractivity contribution in [1.29, 1.82) is 0 Å². The maximum Gasteiger partial charge on any atom is 0.243 e. The van der Waals surface area contributed by atoms with E-state index >= 15 is 0 Å².